The van der Waals surface area contributed by atoms with Crippen molar-refractivity contribution < 1.29 is 0 Å². The zero-order chi connectivity index (χ0) is 37.4. The van der Waals surface area contributed by atoms with E-state index in [-0.39, 0.29) is 5.41 Å². The van der Waals surface area contributed by atoms with Gasteiger partial charge in [0.25, 0.3) is 0 Å². The number of aromatic nitrogens is 2. The number of thiophene rings is 1. The molecule has 3 heteroatoms. The SMILES string of the molecule is CC1(C)c2ccccc2-c2c(-c3cc(-c4cc(-c5ccccc5)cc(-c5cc6ccccc6c6c5sc5ccccc56)c4)nc(-c4ccccc4)n3)cccc21. The fourth-order valence-electron chi connectivity index (χ4n) is 8.93. The van der Waals surface area contributed by atoms with Gasteiger partial charge in [-0.1, -0.05) is 159 Å². The van der Waals surface area contributed by atoms with Gasteiger partial charge in [-0.25, -0.2) is 9.97 Å². The molecule has 1 aliphatic carbocycles. The van der Waals surface area contributed by atoms with Crippen LogP contribution in [0.3, 0.4) is 0 Å². The van der Waals surface area contributed by atoms with Crippen LogP contribution in [-0.2, 0) is 5.41 Å². The van der Waals surface area contributed by atoms with E-state index in [1.807, 2.05) is 17.4 Å². The maximum atomic E-state index is 5.37. The topological polar surface area (TPSA) is 25.8 Å². The monoisotopic (exact) mass is 732 g/mol. The van der Waals surface area contributed by atoms with E-state index >= 15 is 0 Å². The summed E-state index contributed by atoms with van der Waals surface area (Å²) in [6.45, 7) is 4.67. The van der Waals surface area contributed by atoms with Crippen molar-refractivity contribution in [3.8, 4) is 67.3 Å². The first-order chi connectivity index (χ1) is 27.5. The minimum atomic E-state index is -0.114. The molecule has 0 atom stereocenters. The molecule has 2 nitrogen and oxygen atoms in total. The van der Waals surface area contributed by atoms with E-state index in [1.54, 1.807) is 0 Å². The number of nitrogens with zero attached hydrogens (tertiary/aromatic N) is 2. The molecule has 11 rings (SSSR count). The van der Waals surface area contributed by atoms with Crippen molar-refractivity contribution in [1.29, 1.82) is 0 Å². The van der Waals surface area contributed by atoms with Gasteiger partial charge in [0.05, 0.1) is 11.4 Å². The van der Waals surface area contributed by atoms with Crippen LogP contribution in [0.25, 0.3) is 98.2 Å². The number of benzene rings is 8. The molecule has 0 spiro atoms. The third kappa shape index (κ3) is 5.16. The van der Waals surface area contributed by atoms with E-state index in [2.05, 4.69) is 190 Å². The molecule has 1 aliphatic rings. The van der Waals surface area contributed by atoms with Gasteiger partial charge in [0, 0.05) is 47.8 Å². The van der Waals surface area contributed by atoms with Gasteiger partial charge in [0.2, 0.25) is 0 Å². The van der Waals surface area contributed by atoms with E-state index in [1.165, 1.54) is 69.9 Å². The first-order valence-corrected chi connectivity index (χ1v) is 20.1. The summed E-state index contributed by atoms with van der Waals surface area (Å²) in [5, 5.41) is 5.15. The molecule has 2 aromatic heterocycles. The molecular weight excluding hydrogens is 697 g/mol. The Bertz CT molecular complexity index is 3160. The summed E-state index contributed by atoms with van der Waals surface area (Å²) in [6, 6.07) is 65.9. The van der Waals surface area contributed by atoms with Crippen LogP contribution in [0, 0.1) is 0 Å². The Morgan fingerprint density at radius 1 is 0.429 bits per heavy atom. The molecule has 0 bridgehead atoms. The van der Waals surface area contributed by atoms with Crippen LogP contribution in [0.5, 0.6) is 0 Å². The highest BCUT2D eigenvalue weighted by atomic mass is 32.1. The zero-order valence-electron chi connectivity index (χ0n) is 31.1. The van der Waals surface area contributed by atoms with Gasteiger partial charge in [-0.3, -0.25) is 0 Å². The summed E-state index contributed by atoms with van der Waals surface area (Å²) in [5.74, 6) is 0.713. The second kappa shape index (κ2) is 12.7. The van der Waals surface area contributed by atoms with E-state index in [4.69, 9.17) is 9.97 Å². The lowest BCUT2D eigenvalue weighted by Gasteiger charge is -2.21. The maximum Gasteiger partial charge on any atom is 0.160 e. The Balaban J connectivity index is 1.19. The Morgan fingerprint density at radius 3 is 1.89 bits per heavy atom. The molecule has 8 aromatic carbocycles. The Kier molecular flexibility index (Phi) is 7.42. The molecule has 0 aliphatic heterocycles. The van der Waals surface area contributed by atoms with Crippen molar-refractivity contribution in [1.82, 2.24) is 9.97 Å². The molecule has 0 radical (unpaired) electrons. The Labute approximate surface area is 330 Å². The number of hydrogen-bond acceptors (Lipinski definition) is 3. The summed E-state index contributed by atoms with van der Waals surface area (Å²) in [7, 11) is 0. The van der Waals surface area contributed by atoms with Crippen molar-refractivity contribution in [2.24, 2.45) is 0 Å². The van der Waals surface area contributed by atoms with E-state index < -0.39 is 0 Å². The second-order valence-corrected chi connectivity index (χ2v) is 16.4. The Morgan fingerprint density at radius 2 is 1.05 bits per heavy atom. The average molecular weight is 733 g/mol. The lowest BCUT2D eigenvalue weighted by atomic mass is 9.82. The van der Waals surface area contributed by atoms with Crippen LogP contribution in [0.2, 0.25) is 0 Å². The van der Waals surface area contributed by atoms with Crippen molar-refractivity contribution >= 4 is 42.3 Å². The molecule has 0 N–H and O–H groups in total. The highest BCUT2D eigenvalue weighted by Gasteiger charge is 2.36. The van der Waals surface area contributed by atoms with Gasteiger partial charge in [-0.2, -0.15) is 0 Å². The predicted molar refractivity (Wildman–Crippen MR) is 237 cm³/mol. The molecule has 10 aromatic rings. The molecule has 264 valence electrons. The summed E-state index contributed by atoms with van der Waals surface area (Å²) in [4.78, 5) is 10.7. The van der Waals surface area contributed by atoms with E-state index in [9.17, 15) is 0 Å². The molecule has 56 heavy (non-hydrogen) atoms. The minimum Gasteiger partial charge on any atom is -0.228 e. The quantitative estimate of drug-likeness (QED) is 0.176. The first kappa shape index (κ1) is 32.7. The summed E-state index contributed by atoms with van der Waals surface area (Å²) in [5.41, 5.74) is 14.8. The third-order valence-electron chi connectivity index (χ3n) is 11.7. The zero-order valence-corrected chi connectivity index (χ0v) is 31.9. The largest absolute Gasteiger partial charge is 0.228 e. The molecule has 0 unspecified atom stereocenters. The molecule has 2 heterocycles. The van der Waals surface area contributed by atoms with Gasteiger partial charge < -0.3 is 0 Å². The van der Waals surface area contributed by atoms with E-state index in [0.29, 0.717) is 5.82 Å². The molecule has 0 amide bonds. The fourth-order valence-corrected chi connectivity index (χ4v) is 10.2. The van der Waals surface area contributed by atoms with Crippen LogP contribution in [0.1, 0.15) is 25.0 Å². The predicted octanol–water partition coefficient (Wildman–Crippen LogP) is 14.6. The average Bonchev–Trinajstić information content (AvgIpc) is 3.76. The summed E-state index contributed by atoms with van der Waals surface area (Å²) >= 11 is 1.88. The standard InChI is InChI=1S/C53H36N2S/c1-53(2)44-25-13-11-22-40(44)49-41(24-15-26-45(49)53)47-32-46(54-52(55-47)34-18-7-4-8-19-34)38-29-36(33-16-5-3-6-17-33)28-37(30-38)43-31-35-20-9-10-21-39(35)50-42-23-12-14-27-48(42)56-51(43)50/h3-32H,1-2H3. The van der Waals surface area contributed by atoms with Crippen molar-refractivity contribution in [2.75, 3.05) is 0 Å². The molecular formula is C53H36N2S. The smallest absolute Gasteiger partial charge is 0.160 e. The van der Waals surface area contributed by atoms with Crippen molar-refractivity contribution in [3.63, 3.8) is 0 Å². The van der Waals surface area contributed by atoms with Crippen LogP contribution < -0.4 is 0 Å². The number of fused-ring (bicyclic) bond motifs is 8. The van der Waals surface area contributed by atoms with Gasteiger partial charge in [-0.05, 0) is 86.1 Å². The van der Waals surface area contributed by atoms with Gasteiger partial charge >= 0.3 is 0 Å². The van der Waals surface area contributed by atoms with Crippen molar-refractivity contribution in [2.45, 2.75) is 19.3 Å². The molecule has 0 saturated carbocycles. The van der Waals surface area contributed by atoms with Crippen LogP contribution in [0.4, 0.5) is 0 Å². The second-order valence-electron chi connectivity index (χ2n) is 15.3. The van der Waals surface area contributed by atoms with Gasteiger partial charge in [0.15, 0.2) is 5.82 Å². The normalized spacial score (nSPS) is 13.0. The van der Waals surface area contributed by atoms with Gasteiger partial charge in [-0.15, -0.1) is 11.3 Å². The maximum absolute atomic E-state index is 5.37. The highest BCUT2D eigenvalue weighted by molar-refractivity contribution is 7.26. The van der Waals surface area contributed by atoms with E-state index in [0.717, 1.165) is 33.6 Å². The van der Waals surface area contributed by atoms with Crippen molar-refractivity contribution in [3.05, 3.63) is 193 Å². The molecule has 0 fully saturated rings. The molecule has 0 saturated heterocycles. The van der Waals surface area contributed by atoms with Crippen LogP contribution >= 0.6 is 11.3 Å². The Hall–Kier alpha value is -6.68. The lowest BCUT2D eigenvalue weighted by Crippen LogP contribution is -2.14. The van der Waals surface area contributed by atoms with Crippen LogP contribution in [0.15, 0.2) is 182 Å². The first-order valence-electron chi connectivity index (χ1n) is 19.2. The number of rotatable bonds is 5. The fraction of sp³-hybridized carbons (Fsp3) is 0.0566. The van der Waals surface area contributed by atoms with Crippen LogP contribution in [-0.4, -0.2) is 9.97 Å². The minimum absolute atomic E-state index is 0.114. The summed E-state index contributed by atoms with van der Waals surface area (Å²) < 4.78 is 2.60. The third-order valence-corrected chi connectivity index (χ3v) is 12.9. The lowest BCUT2D eigenvalue weighted by molar-refractivity contribution is 0.660. The highest BCUT2D eigenvalue weighted by Crippen LogP contribution is 2.52. The number of hydrogen-bond donors (Lipinski definition) is 0. The summed E-state index contributed by atoms with van der Waals surface area (Å²) in [6.07, 6.45) is 0. The van der Waals surface area contributed by atoms with Gasteiger partial charge in [0.1, 0.15) is 0 Å².